The Labute approximate surface area is 237 Å². The van der Waals surface area contributed by atoms with E-state index in [0.717, 1.165) is 16.9 Å². The number of aliphatic hydroxyl groups excluding tert-OH is 1. The van der Waals surface area contributed by atoms with Crippen molar-refractivity contribution in [3.8, 4) is 11.5 Å². The maximum atomic E-state index is 13.1. The predicted octanol–water partition coefficient (Wildman–Crippen LogP) is 4.66. The average molecular weight is 576 g/mol. The number of amides is 2. The van der Waals surface area contributed by atoms with Gasteiger partial charge in [-0.3, -0.25) is 4.90 Å². The van der Waals surface area contributed by atoms with Crippen LogP contribution >= 0.6 is 23.2 Å². The number of hydrogen-bond acceptors (Lipinski definition) is 9. The number of rotatable bonds is 11. The molecule has 0 saturated carbocycles. The number of benzene rings is 2. The third kappa shape index (κ3) is 7.14. The molecular weight excluding hydrogens is 545 g/mol. The summed E-state index contributed by atoms with van der Waals surface area (Å²) in [4.78, 5) is 24.9. The van der Waals surface area contributed by atoms with Gasteiger partial charge in [0.1, 0.15) is 39.5 Å². The largest absolute Gasteiger partial charge is 0.495 e. The van der Waals surface area contributed by atoms with E-state index in [1.807, 2.05) is 36.2 Å². The zero-order chi connectivity index (χ0) is 28.5. The van der Waals surface area contributed by atoms with Gasteiger partial charge in [-0.1, -0.05) is 29.3 Å². The molecule has 0 bridgehead atoms. The molecule has 0 fully saturated rings. The summed E-state index contributed by atoms with van der Waals surface area (Å²) in [6.07, 6.45) is 5.24. The maximum Gasteiger partial charge on any atom is 0.327 e. The van der Waals surface area contributed by atoms with Gasteiger partial charge >= 0.3 is 6.03 Å². The Hall–Kier alpha value is -3.93. The Balaban J connectivity index is 1.85. The lowest BCUT2D eigenvalue weighted by molar-refractivity contribution is 0.258. The van der Waals surface area contributed by atoms with Gasteiger partial charge in [0.15, 0.2) is 0 Å². The van der Waals surface area contributed by atoms with Crippen molar-refractivity contribution in [3.05, 3.63) is 64.5 Å². The molecule has 5 N–H and O–H groups in total. The summed E-state index contributed by atoms with van der Waals surface area (Å²) in [6, 6.07) is 8.47. The van der Waals surface area contributed by atoms with E-state index in [4.69, 9.17) is 38.4 Å². The normalized spacial score (nSPS) is 10.8. The molecule has 11 nitrogen and oxygen atoms in total. The van der Waals surface area contributed by atoms with Gasteiger partial charge in [-0.2, -0.15) is 0 Å². The van der Waals surface area contributed by atoms with E-state index >= 15 is 0 Å². The Morgan fingerprint density at radius 2 is 1.79 bits per heavy atom. The Morgan fingerprint density at radius 1 is 1.10 bits per heavy atom. The van der Waals surface area contributed by atoms with E-state index in [9.17, 15) is 9.90 Å². The molecule has 3 aromatic rings. The number of carbonyl (C=O) groups excluding carboxylic acids is 1. The lowest BCUT2D eigenvalue weighted by Crippen LogP contribution is -2.32. The van der Waals surface area contributed by atoms with Crippen LogP contribution in [0.15, 0.2) is 48.9 Å². The van der Waals surface area contributed by atoms with Crippen LogP contribution in [0.5, 0.6) is 11.5 Å². The first-order valence-corrected chi connectivity index (χ1v) is 12.5. The van der Waals surface area contributed by atoms with Gasteiger partial charge in [-0.05, 0) is 36.4 Å². The quantitative estimate of drug-likeness (QED) is 0.257. The van der Waals surface area contributed by atoms with E-state index in [-0.39, 0.29) is 22.3 Å². The van der Waals surface area contributed by atoms with E-state index in [2.05, 4.69) is 20.6 Å². The van der Waals surface area contributed by atoms with E-state index in [1.165, 1.54) is 37.7 Å². The Bertz CT molecular complexity index is 1310. The van der Waals surface area contributed by atoms with Gasteiger partial charge in [-0.25, -0.2) is 14.8 Å². The van der Waals surface area contributed by atoms with Crippen LogP contribution in [0.3, 0.4) is 0 Å². The second-order valence-corrected chi connectivity index (χ2v) is 9.03. The number of aromatic nitrogens is 2. The first-order valence-electron chi connectivity index (χ1n) is 11.8. The highest BCUT2D eigenvalue weighted by Crippen LogP contribution is 2.44. The van der Waals surface area contributed by atoms with Crippen LogP contribution in [-0.2, 0) is 6.42 Å². The summed E-state index contributed by atoms with van der Waals surface area (Å²) in [6.45, 7) is 0.546. The highest BCUT2D eigenvalue weighted by molar-refractivity contribution is 6.41. The number of urea groups is 1. The molecule has 0 spiro atoms. The number of hydrogen-bond donors (Lipinski definition) is 4. The number of aliphatic hydroxyl groups is 1. The summed E-state index contributed by atoms with van der Waals surface area (Å²) in [7, 11) is 6.34. The minimum absolute atomic E-state index is 0.0448. The van der Waals surface area contributed by atoms with Crippen molar-refractivity contribution < 1.29 is 19.4 Å². The fourth-order valence-electron chi connectivity index (χ4n) is 3.61. The molecule has 208 valence electrons. The second-order valence-electron chi connectivity index (χ2n) is 8.28. The van der Waals surface area contributed by atoms with Gasteiger partial charge in [-0.15, -0.1) is 0 Å². The molecule has 39 heavy (non-hydrogen) atoms. The number of halogens is 2. The summed E-state index contributed by atoms with van der Waals surface area (Å²) in [5.41, 5.74) is 8.42. The first kappa shape index (κ1) is 29.6. The molecule has 0 aliphatic carbocycles. The molecule has 0 atom stereocenters. The number of ether oxygens (including phenoxy) is 2. The average Bonchev–Trinajstić information content (AvgIpc) is 2.94. The van der Waals surface area contributed by atoms with Gasteiger partial charge in [0.2, 0.25) is 0 Å². The molecule has 0 radical (unpaired) electrons. The SMILES string of the molecule is COc1cc(OC)c(Cl)c(NC(=O)N(C)c2cc(Nc3ccc(N(C)CCO)cc3CC=CN)ncn2)c1Cl. The zero-order valence-electron chi connectivity index (χ0n) is 22.0. The van der Waals surface area contributed by atoms with Gasteiger partial charge in [0.25, 0.3) is 0 Å². The number of nitrogens with zero attached hydrogens (tertiary/aromatic N) is 4. The van der Waals surface area contributed by atoms with Crippen LogP contribution in [-0.4, -0.2) is 62.6 Å². The van der Waals surface area contributed by atoms with Crippen LogP contribution in [0.2, 0.25) is 10.0 Å². The topological polar surface area (TPSA) is 138 Å². The number of likely N-dealkylation sites (N-methyl/N-ethyl adjacent to an activating group) is 1. The van der Waals surface area contributed by atoms with E-state index in [0.29, 0.717) is 36.1 Å². The van der Waals surface area contributed by atoms with Crippen LogP contribution < -0.4 is 35.6 Å². The van der Waals surface area contributed by atoms with Crippen molar-refractivity contribution in [2.45, 2.75) is 6.42 Å². The maximum absolute atomic E-state index is 13.1. The fraction of sp³-hybridized carbons (Fsp3) is 0.269. The molecule has 0 aliphatic heterocycles. The second kappa shape index (κ2) is 13.7. The number of carbonyl (C=O) groups is 1. The highest BCUT2D eigenvalue weighted by Gasteiger charge is 2.22. The number of anilines is 5. The van der Waals surface area contributed by atoms with E-state index < -0.39 is 6.03 Å². The molecule has 0 aliphatic rings. The molecule has 3 rings (SSSR count). The summed E-state index contributed by atoms with van der Waals surface area (Å²) in [5.74, 6) is 1.36. The molecule has 2 amide bonds. The van der Waals surface area contributed by atoms with Crippen LogP contribution in [0.25, 0.3) is 0 Å². The number of nitrogens with two attached hydrogens (primary N) is 1. The lowest BCUT2D eigenvalue weighted by atomic mass is 10.1. The van der Waals surface area contributed by atoms with Crippen molar-refractivity contribution in [2.24, 2.45) is 5.73 Å². The van der Waals surface area contributed by atoms with Crippen molar-refractivity contribution in [1.29, 1.82) is 0 Å². The van der Waals surface area contributed by atoms with Crippen molar-refractivity contribution in [3.63, 3.8) is 0 Å². The molecule has 1 heterocycles. The first-order chi connectivity index (χ1) is 18.7. The monoisotopic (exact) mass is 575 g/mol. The number of methoxy groups -OCH3 is 2. The van der Waals surface area contributed by atoms with Crippen molar-refractivity contribution >= 4 is 57.9 Å². The molecule has 0 saturated heterocycles. The lowest BCUT2D eigenvalue weighted by Gasteiger charge is -2.21. The molecule has 2 aromatic carbocycles. The van der Waals surface area contributed by atoms with Crippen molar-refractivity contribution in [2.75, 3.05) is 61.9 Å². The summed E-state index contributed by atoms with van der Waals surface area (Å²) >= 11 is 12.8. The van der Waals surface area contributed by atoms with Gasteiger partial charge in [0.05, 0.1) is 26.5 Å². The van der Waals surface area contributed by atoms with Crippen LogP contribution in [0, 0.1) is 0 Å². The van der Waals surface area contributed by atoms with Gasteiger partial charge in [0, 0.05) is 44.1 Å². The predicted molar refractivity (Wildman–Crippen MR) is 156 cm³/mol. The molecule has 13 heteroatoms. The molecule has 0 unspecified atom stereocenters. The number of allylic oxidation sites excluding steroid dienone is 1. The third-order valence-corrected chi connectivity index (χ3v) is 6.56. The smallest absolute Gasteiger partial charge is 0.327 e. The highest BCUT2D eigenvalue weighted by atomic mass is 35.5. The standard InChI is InChI=1S/C26H31Cl2N7O4/c1-34(10-11-36)17-7-8-18(16(12-17)6-5-9-29)32-21-14-22(31-15-30-21)35(2)26(37)33-25-23(27)19(38-3)13-20(39-4)24(25)28/h5,7-9,12-15,36H,6,10-11,29H2,1-4H3,(H,33,37)(H,30,31,32). The summed E-state index contributed by atoms with van der Waals surface area (Å²) < 4.78 is 10.5. The van der Waals surface area contributed by atoms with Crippen molar-refractivity contribution in [1.82, 2.24) is 9.97 Å². The van der Waals surface area contributed by atoms with E-state index in [1.54, 1.807) is 13.1 Å². The minimum atomic E-state index is -0.552. The Morgan fingerprint density at radius 3 is 2.41 bits per heavy atom. The molecule has 1 aromatic heterocycles. The number of nitrogens with one attached hydrogen (secondary N) is 2. The Kier molecular flexibility index (Phi) is 10.4. The minimum Gasteiger partial charge on any atom is -0.495 e. The summed E-state index contributed by atoms with van der Waals surface area (Å²) in [5, 5.41) is 15.5. The molecular formula is C26H31Cl2N7O4. The third-order valence-electron chi connectivity index (χ3n) is 5.81. The van der Waals surface area contributed by atoms with Crippen LogP contribution in [0.1, 0.15) is 5.56 Å². The van der Waals surface area contributed by atoms with Crippen LogP contribution in [0.4, 0.5) is 33.5 Å². The van der Waals surface area contributed by atoms with Gasteiger partial charge < -0.3 is 35.8 Å². The zero-order valence-corrected chi connectivity index (χ0v) is 23.5. The fourth-order valence-corrected chi connectivity index (χ4v) is 4.20.